The third-order valence-corrected chi connectivity index (χ3v) is 3.86. The summed E-state index contributed by atoms with van der Waals surface area (Å²) in [7, 11) is 0. The second-order valence-corrected chi connectivity index (χ2v) is 5.82. The SMILES string of the molecule is CCC1CCCC(Oc2cc(N)nc(C(C)C)n2)C1. The Morgan fingerprint density at radius 2 is 2.16 bits per heavy atom. The van der Waals surface area contributed by atoms with Crippen molar-refractivity contribution in [2.75, 3.05) is 5.73 Å². The third kappa shape index (κ3) is 3.82. The van der Waals surface area contributed by atoms with Gasteiger partial charge in [0.2, 0.25) is 5.88 Å². The van der Waals surface area contributed by atoms with Gasteiger partial charge in [-0.25, -0.2) is 4.98 Å². The van der Waals surface area contributed by atoms with Crippen LogP contribution < -0.4 is 10.5 Å². The maximum atomic E-state index is 6.03. The summed E-state index contributed by atoms with van der Waals surface area (Å²) in [5, 5.41) is 0. The van der Waals surface area contributed by atoms with Crippen LogP contribution in [0.3, 0.4) is 0 Å². The van der Waals surface area contributed by atoms with E-state index in [2.05, 4.69) is 30.7 Å². The summed E-state index contributed by atoms with van der Waals surface area (Å²) in [6, 6.07) is 1.74. The molecule has 4 heteroatoms. The Kier molecular flexibility index (Phi) is 4.61. The molecule has 1 aliphatic carbocycles. The Morgan fingerprint density at radius 1 is 1.37 bits per heavy atom. The Hall–Kier alpha value is -1.32. The number of rotatable bonds is 4. The van der Waals surface area contributed by atoms with Crippen LogP contribution in [-0.4, -0.2) is 16.1 Å². The van der Waals surface area contributed by atoms with E-state index >= 15 is 0 Å². The molecule has 0 bridgehead atoms. The maximum Gasteiger partial charge on any atom is 0.219 e. The lowest BCUT2D eigenvalue weighted by Crippen LogP contribution is -2.25. The Morgan fingerprint density at radius 3 is 2.84 bits per heavy atom. The van der Waals surface area contributed by atoms with Crippen LogP contribution in [0.15, 0.2) is 6.07 Å². The van der Waals surface area contributed by atoms with Crippen molar-refractivity contribution in [3.63, 3.8) is 0 Å². The van der Waals surface area contributed by atoms with Gasteiger partial charge in [-0.2, -0.15) is 4.98 Å². The smallest absolute Gasteiger partial charge is 0.219 e. The summed E-state index contributed by atoms with van der Waals surface area (Å²) in [6.07, 6.45) is 6.37. The molecule has 2 rings (SSSR count). The second kappa shape index (κ2) is 6.22. The molecule has 106 valence electrons. The highest BCUT2D eigenvalue weighted by Crippen LogP contribution is 2.29. The van der Waals surface area contributed by atoms with Gasteiger partial charge in [0, 0.05) is 12.0 Å². The highest BCUT2D eigenvalue weighted by molar-refractivity contribution is 5.33. The minimum atomic E-state index is 0.264. The van der Waals surface area contributed by atoms with E-state index in [1.165, 1.54) is 19.3 Å². The summed E-state index contributed by atoms with van der Waals surface area (Å²) in [5.41, 5.74) is 5.82. The predicted octanol–water partition coefficient (Wildman–Crippen LogP) is 3.53. The Balaban J connectivity index is 2.06. The molecule has 1 heterocycles. The van der Waals surface area contributed by atoms with Gasteiger partial charge in [0.15, 0.2) is 0 Å². The summed E-state index contributed by atoms with van der Waals surface area (Å²) in [5.74, 6) is 2.95. The summed E-state index contributed by atoms with van der Waals surface area (Å²) < 4.78 is 6.03. The van der Waals surface area contributed by atoms with Gasteiger partial charge in [0.1, 0.15) is 17.7 Å². The Labute approximate surface area is 115 Å². The fraction of sp³-hybridized carbons (Fsp3) is 0.733. The Bertz CT molecular complexity index is 420. The first kappa shape index (κ1) is 14.1. The molecule has 1 aromatic heterocycles. The van der Waals surface area contributed by atoms with Crippen molar-refractivity contribution in [2.45, 2.75) is 64.9 Å². The van der Waals surface area contributed by atoms with Crippen LogP contribution in [-0.2, 0) is 0 Å². The van der Waals surface area contributed by atoms with Gasteiger partial charge in [-0.05, 0) is 25.2 Å². The molecule has 1 aromatic rings. The molecule has 0 aliphatic heterocycles. The van der Waals surface area contributed by atoms with Crippen molar-refractivity contribution in [1.29, 1.82) is 0 Å². The highest BCUT2D eigenvalue weighted by Gasteiger charge is 2.22. The number of hydrogen-bond acceptors (Lipinski definition) is 4. The number of aromatic nitrogens is 2. The van der Waals surface area contributed by atoms with Gasteiger partial charge in [-0.3, -0.25) is 0 Å². The van der Waals surface area contributed by atoms with Crippen molar-refractivity contribution in [3.8, 4) is 5.88 Å². The maximum absolute atomic E-state index is 6.03. The van der Waals surface area contributed by atoms with Gasteiger partial charge in [-0.15, -0.1) is 0 Å². The minimum Gasteiger partial charge on any atom is -0.474 e. The average molecular weight is 263 g/mol. The van der Waals surface area contributed by atoms with Crippen LogP contribution in [0.2, 0.25) is 0 Å². The number of nitrogens with zero attached hydrogens (tertiary/aromatic N) is 2. The molecular weight excluding hydrogens is 238 g/mol. The number of nitrogens with two attached hydrogens (primary N) is 1. The van der Waals surface area contributed by atoms with Gasteiger partial charge in [0.25, 0.3) is 0 Å². The lowest BCUT2D eigenvalue weighted by molar-refractivity contribution is 0.116. The molecule has 2 unspecified atom stereocenters. The van der Waals surface area contributed by atoms with E-state index in [9.17, 15) is 0 Å². The van der Waals surface area contributed by atoms with Crippen molar-refractivity contribution in [3.05, 3.63) is 11.9 Å². The fourth-order valence-corrected chi connectivity index (χ4v) is 2.67. The zero-order chi connectivity index (χ0) is 13.8. The molecule has 1 saturated carbocycles. The molecule has 1 aliphatic rings. The minimum absolute atomic E-state index is 0.264. The normalized spacial score (nSPS) is 23.6. The van der Waals surface area contributed by atoms with E-state index in [4.69, 9.17) is 10.5 Å². The van der Waals surface area contributed by atoms with Crippen molar-refractivity contribution < 1.29 is 4.74 Å². The molecule has 19 heavy (non-hydrogen) atoms. The molecule has 2 N–H and O–H groups in total. The summed E-state index contributed by atoms with van der Waals surface area (Å²) in [6.45, 7) is 6.38. The summed E-state index contributed by atoms with van der Waals surface area (Å²) in [4.78, 5) is 8.71. The number of nitrogen functional groups attached to an aromatic ring is 1. The molecule has 0 aromatic carbocycles. The fourth-order valence-electron chi connectivity index (χ4n) is 2.67. The van der Waals surface area contributed by atoms with E-state index in [1.807, 2.05) is 0 Å². The zero-order valence-electron chi connectivity index (χ0n) is 12.2. The third-order valence-electron chi connectivity index (χ3n) is 3.86. The first-order chi connectivity index (χ1) is 9.08. The molecule has 1 fully saturated rings. The molecule has 0 radical (unpaired) electrons. The van der Waals surface area contributed by atoms with Crippen LogP contribution in [0.1, 0.15) is 64.6 Å². The van der Waals surface area contributed by atoms with E-state index in [-0.39, 0.29) is 12.0 Å². The van der Waals surface area contributed by atoms with Crippen molar-refractivity contribution >= 4 is 5.82 Å². The zero-order valence-corrected chi connectivity index (χ0v) is 12.2. The average Bonchev–Trinajstić information content (AvgIpc) is 2.38. The standard InChI is InChI=1S/C15H25N3O/c1-4-11-6-5-7-12(8-11)19-14-9-13(16)17-15(18-14)10(2)3/h9-12H,4-8H2,1-3H3,(H2,16,17,18). The van der Waals surface area contributed by atoms with Gasteiger partial charge >= 0.3 is 0 Å². The van der Waals surface area contributed by atoms with E-state index in [0.29, 0.717) is 11.7 Å². The molecule has 4 nitrogen and oxygen atoms in total. The highest BCUT2D eigenvalue weighted by atomic mass is 16.5. The van der Waals surface area contributed by atoms with Crippen LogP contribution >= 0.6 is 0 Å². The second-order valence-electron chi connectivity index (χ2n) is 5.82. The largest absolute Gasteiger partial charge is 0.474 e. The topological polar surface area (TPSA) is 61.0 Å². The van der Waals surface area contributed by atoms with Gasteiger partial charge < -0.3 is 10.5 Å². The molecule has 0 spiro atoms. The van der Waals surface area contributed by atoms with E-state index in [1.54, 1.807) is 6.07 Å². The summed E-state index contributed by atoms with van der Waals surface area (Å²) >= 11 is 0. The quantitative estimate of drug-likeness (QED) is 0.902. The van der Waals surface area contributed by atoms with E-state index in [0.717, 1.165) is 24.6 Å². The van der Waals surface area contributed by atoms with Crippen molar-refractivity contribution in [2.24, 2.45) is 5.92 Å². The van der Waals surface area contributed by atoms with Crippen LogP contribution in [0.5, 0.6) is 5.88 Å². The lowest BCUT2D eigenvalue weighted by atomic mass is 9.85. The number of hydrogen-bond donors (Lipinski definition) is 1. The predicted molar refractivity (Wildman–Crippen MR) is 77.2 cm³/mol. The van der Waals surface area contributed by atoms with Gasteiger partial charge in [0.05, 0.1) is 0 Å². The van der Waals surface area contributed by atoms with Crippen LogP contribution in [0, 0.1) is 5.92 Å². The molecule has 0 saturated heterocycles. The van der Waals surface area contributed by atoms with Crippen molar-refractivity contribution in [1.82, 2.24) is 9.97 Å². The lowest BCUT2D eigenvalue weighted by Gasteiger charge is -2.28. The van der Waals surface area contributed by atoms with Crippen LogP contribution in [0.25, 0.3) is 0 Å². The molecule has 0 amide bonds. The number of anilines is 1. The number of ether oxygens (including phenoxy) is 1. The first-order valence-electron chi connectivity index (χ1n) is 7.39. The first-order valence-corrected chi connectivity index (χ1v) is 7.39. The van der Waals surface area contributed by atoms with E-state index < -0.39 is 0 Å². The van der Waals surface area contributed by atoms with Gasteiger partial charge in [-0.1, -0.05) is 33.6 Å². The van der Waals surface area contributed by atoms with Crippen LogP contribution in [0.4, 0.5) is 5.82 Å². The molecular formula is C15H25N3O. The monoisotopic (exact) mass is 263 g/mol. The molecule has 2 atom stereocenters.